The molecule has 28 nitrogen and oxygen atoms in total. The van der Waals surface area contributed by atoms with Crippen molar-refractivity contribution in [2.24, 2.45) is 46.6 Å². The Bertz CT molecular complexity index is 3380. The first-order valence-corrected chi connectivity index (χ1v) is 37.3. The van der Waals surface area contributed by atoms with E-state index in [1.165, 1.54) is 9.80 Å². The van der Waals surface area contributed by atoms with E-state index in [1.54, 1.807) is 88.4 Å². The zero-order chi connectivity index (χ0) is 77.3. The van der Waals surface area contributed by atoms with Crippen molar-refractivity contribution in [2.45, 2.75) is 217 Å². The molecule has 0 spiro atoms. The molecule has 4 aromatic carbocycles. The highest BCUT2D eigenvalue weighted by molar-refractivity contribution is 6.00. The van der Waals surface area contributed by atoms with Crippen molar-refractivity contribution in [3.63, 3.8) is 0 Å². The maximum absolute atomic E-state index is 15.7. The largest absolute Gasteiger partial charge is 0.350 e. The summed E-state index contributed by atoms with van der Waals surface area (Å²) in [6.07, 6.45) is 0.119. The van der Waals surface area contributed by atoms with Crippen LogP contribution in [0.25, 0.3) is 0 Å². The summed E-state index contributed by atoms with van der Waals surface area (Å²) in [5, 5.41) is 28.7. The lowest BCUT2D eigenvalue weighted by Crippen LogP contribution is -2.62. The molecule has 0 saturated carbocycles. The van der Waals surface area contributed by atoms with E-state index < -0.39 is 167 Å². The van der Waals surface area contributed by atoms with Gasteiger partial charge in [-0.2, -0.15) is 0 Å². The summed E-state index contributed by atoms with van der Waals surface area (Å²) >= 11 is 0. The van der Waals surface area contributed by atoms with E-state index >= 15 is 28.8 Å². The number of rotatable bonds is 24. The molecule has 18 N–H and O–H groups in total. The monoisotopic (exact) mass is 1460 g/mol. The van der Waals surface area contributed by atoms with Gasteiger partial charge >= 0.3 is 0 Å². The molecule has 0 aromatic heterocycles. The molecule has 12 amide bonds. The van der Waals surface area contributed by atoms with Crippen molar-refractivity contribution in [1.29, 1.82) is 0 Å². The molecular formula is C78H112N16O12. The molecule has 0 unspecified atom stereocenters. The minimum Gasteiger partial charge on any atom is -0.350 e. The second-order valence-electron chi connectivity index (χ2n) is 29.8. The van der Waals surface area contributed by atoms with Crippen LogP contribution in [0.2, 0.25) is 0 Å². The van der Waals surface area contributed by atoms with Crippen molar-refractivity contribution in [3.05, 3.63) is 144 Å². The molecule has 576 valence electrons. The number of nitrogens with two attached hydrogens (primary N) is 4. The van der Waals surface area contributed by atoms with Gasteiger partial charge in [-0.05, 0) is 123 Å². The molecule has 0 aliphatic carbocycles. The van der Waals surface area contributed by atoms with Gasteiger partial charge < -0.3 is 85.9 Å². The Hall–Kier alpha value is -9.64. The Morgan fingerprint density at radius 2 is 0.689 bits per heavy atom. The topological polar surface area (TPSA) is 436 Å². The second kappa shape index (κ2) is 40.7. The van der Waals surface area contributed by atoms with Gasteiger partial charge in [0.05, 0.1) is 12.1 Å². The van der Waals surface area contributed by atoms with E-state index in [2.05, 4.69) is 53.2 Å². The van der Waals surface area contributed by atoms with Crippen LogP contribution < -0.4 is 76.1 Å². The first-order chi connectivity index (χ1) is 50.5. The molecule has 28 heteroatoms. The average molecular weight is 1470 g/mol. The number of carbonyl (C=O) groups excluding carboxylic acids is 12. The minimum absolute atomic E-state index is 0.0248. The van der Waals surface area contributed by atoms with Gasteiger partial charge in [0, 0.05) is 38.0 Å². The lowest BCUT2D eigenvalue weighted by Gasteiger charge is -2.33. The highest BCUT2D eigenvalue weighted by Crippen LogP contribution is 2.26. The molecule has 7 rings (SSSR count). The number of fused-ring (bicyclic) bond motifs is 2. The molecule has 4 aromatic rings. The molecule has 3 saturated heterocycles. The van der Waals surface area contributed by atoms with Gasteiger partial charge in [-0.1, -0.05) is 177 Å². The van der Waals surface area contributed by atoms with Crippen LogP contribution >= 0.6 is 0 Å². The summed E-state index contributed by atoms with van der Waals surface area (Å²) in [5.74, 6) is -10.9. The van der Waals surface area contributed by atoms with Gasteiger partial charge in [0.2, 0.25) is 70.9 Å². The smallest absolute Gasteiger partial charge is 0.246 e. The Kier molecular flexibility index (Phi) is 32.1. The SMILES string of the molecule is CC(C)C[C@@H]1NC(=O)[C@H](CCCN)NC(=O)[C@H](C(C)C)NC(=O)[C@@H]2C[C@@H](NC(=O)[C@H](N)Cc3ccccc3)CN2C(=O)[C@@H](Cc2ccccc2)NC(=O)[C@H](CC(C)C)NC(=O)[C@H](CCCN)NC(=O)[C@H](C(C)C)NC(=O)[C@@H]2C[C@@H](NC(=O)[C@H](N)Cc3ccccc3)CN2C(=O)[C@@H](Cc2ccccc2)NC1=O. The summed E-state index contributed by atoms with van der Waals surface area (Å²) in [7, 11) is 0. The first kappa shape index (κ1) is 83.6. The molecule has 3 aliphatic rings. The average Bonchev–Trinajstić information content (AvgIpc) is 1.65. The van der Waals surface area contributed by atoms with Crippen molar-refractivity contribution >= 4 is 70.9 Å². The van der Waals surface area contributed by atoms with E-state index in [0.717, 1.165) is 11.1 Å². The van der Waals surface area contributed by atoms with Gasteiger partial charge in [-0.15, -0.1) is 0 Å². The van der Waals surface area contributed by atoms with Crippen LogP contribution in [0.1, 0.15) is 129 Å². The predicted octanol–water partition coefficient (Wildman–Crippen LogP) is 0.557. The lowest BCUT2D eigenvalue weighted by atomic mass is 9.98. The van der Waals surface area contributed by atoms with Gasteiger partial charge in [0.15, 0.2) is 0 Å². The Morgan fingerprint density at radius 3 is 0.991 bits per heavy atom. The number of nitrogens with zero attached hydrogens (tertiary/aromatic N) is 2. The molecule has 14 atom stereocenters. The number of nitrogens with one attached hydrogen (secondary N) is 10. The van der Waals surface area contributed by atoms with Gasteiger partial charge in [-0.25, -0.2) is 0 Å². The number of amides is 12. The zero-order valence-electron chi connectivity index (χ0n) is 62.4. The van der Waals surface area contributed by atoms with E-state index in [9.17, 15) is 28.8 Å². The molecule has 3 aliphatic heterocycles. The molecule has 0 bridgehead atoms. The second-order valence-corrected chi connectivity index (χ2v) is 29.8. The molecule has 106 heavy (non-hydrogen) atoms. The fourth-order valence-corrected chi connectivity index (χ4v) is 13.7. The standard InChI is InChI=1S/C78H112N16O12/c1-45(2)35-59-71(99)89-61(39-51-27-17-11-18-28-51)77(105)93-43-53(83-67(95)55(81)37-49-23-13-9-14-24-49)41-63(93)73(101)92-66(48(7)8)76(104)86-58(32-22-34-80)70(98)88-60(36-46(3)4)72(100)90-62(40-52-29-19-12-20-30-52)78(106)94-44-54(84-68(96)56(82)38-50-25-15-10-16-26-50)42-64(94)74(102)91-65(47(5)6)75(103)85-57(31-21-33-79)69(97)87-59/h9-20,23-30,45-48,53-66H,21-22,31-44,79-82H2,1-8H3,(H,83,95)(H,84,96)(H,85,103)(H,86,104)(H,87,97)(H,88,98)(H,89,99)(H,90,100)(H,91,102)(H,92,101)/t53-,54-,55-,56-,57+,58+,59+,60+,61-,62-,63+,64+,65+,66+/m1/s1. The Balaban J connectivity index is 1.32. The highest BCUT2D eigenvalue weighted by Gasteiger charge is 2.47. The summed E-state index contributed by atoms with van der Waals surface area (Å²) in [6.45, 7) is 13.6. The van der Waals surface area contributed by atoms with Crippen LogP contribution in [0.5, 0.6) is 0 Å². The van der Waals surface area contributed by atoms with E-state index in [0.29, 0.717) is 11.1 Å². The van der Waals surface area contributed by atoms with Gasteiger partial charge in [0.1, 0.15) is 60.4 Å². The van der Waals surface area contributed by atoms with Crippen LogP contribution in [-0.2, 0) is 83.2 Å². The quantitative estimate of drug-likeness (QED) is 0.0456. The summed E-state index contributed by atoms with van der Waals surface area (Å²) in [5.41, 5.74) is 27.8. The van der Waals surface area contributed by atoms with Crippen molar-refractivity contribution in [1.82, 2.24) is 63.0 Å². The van der Waals surface area contributed by atoms with Crippen LogP contribution in [-0.4, -0.2) is 191 Å². The Labute approximate surface area is 622 Å². The fraction of sp³-hybridized carbons (Fsp3) is 0.538. The maximum atomic E-state index is 15.7. The van der Waals surface area contributed by atoms with Crippen LogP contribution in [0.3, 0.4) is 0 Å². The van der Waals surface area contributed by atoms with E-state index in [-0.39, 0.29) is 115 Å². The predicted molar refractivity (Wildman–Crippen MR) is 401 cm³/mol. The third kappa shape index (κ3) is 24.7. The molecule has 0 radical (unpaired) electrons. The third-order valence-corrected chi connectivity index (χ3v) is 19.4. The highest BCUT2D eigenvalue weighted by atomic mass is 16.2. The first-order valence-electron chi connectivity index (χ1n) is 37.3. The number of hydrogen-bond acceptors (Lipinski definition) is 16. The fourth-order valence-electron chi connectivity index (χ4n) is 13.7. The zero-order valence-corrected chi connectivity index (χ0v) is 62.4. The Morgan fingerprint density at radius 1 is 0.396 bits per heavy atom. The normalized spacial score (nSPS) is 25.1. The van der Waals surface area contributed by atoms with Crippen LogP contribution in [0.4, 0.5) is 0 Å². The van der Waals surface area contributed by atoms with Crippen molar-refractivity contribution < 1.29 is 57.5 Å². The van der Waals surface area contributed by atoms with E-state index in [4.69, 9.17) is 22.9 Å². The summed E-state index contributed by atoms with van der Waals surface area (Å²) in [4.78, 5) is 182. The summed E-state index contributed by atoms with van der Waals surface area (Å²) < 4.78 is 0. The lowest BCUT2D eigenvalue weighted by molar-refractivity contribution is -0.143. The molecular weight excluding hydrogens is 1350 g/mol. The minimum atomic E-state index is -1.44. The molecule has 3 fully saturated rings. The van der Waals surface area contributed by atoms with E-state index in [1.807, 2.05) is 88.4 Å². The van der Waals surface area contributed by atoms with Gasteiger partial charge in [-0.3, -0.25) is 57.5 Å². The van der Waals surface area contributed by atoms with Gasteiger partial charge in [0.25, 0.3) is 0 Å². The third-order valence-electron chi connectivity index (χ3n) is 19.4. The van der Waals surface area contributed by atoms with Crippen molar-refractivity contribution in [2.75, 3.05) is 26.2 Å². The molecule has 3 heterocycles. The summed E-state index contributed by atoms with van der Waals surface area (Å²) in [6, 6.07) is 18.0. The number of hydrogen-bond donors (Lipinski definition) is 14. The number of benzene rings is 4. The van der Waals surface area contributed by atoms with Crippen LogP contribution in [0.15, 0.2) is 121 Å². The maximum Gasteiger partial charge on any atom is 0.246 e. The van der Waals surface area contributed by atoms with Crippen molar-refractivity contribution in [3.8, 4) is 0 Å². The van der Waals surface area contributed by atoms with Crippen LogP contribution in [0, 0.1) is 23.7 Å². The number of carbonyl (C=O) groups is 12.